The Kier molecular flexibility index (Phi) is 7.18. The van der Waals surface area contributed by atoms with E-state index in [-0.39, 0.29) is 17.9 Å². The van der Waals surface area contributed by atoms with Gasteiger partial charge in [-0.15, -0.1) is 0 Å². The Morgan fingerprint density at radius 1 is 0.812 bits per heavy atom. The van der Waals surface area contributed by atoms with Crippen molar-refractivity contribution in [3.8, 4) is 0 Å². The number of amides is 3. The van der Waals surface area contributed by atoms with Gasteiger partial charge in [-0.25, -0.2) is 4.79 Å². The minimum atomic E-state index is -0.197. The van der Waals surface area contributed by atoms with Crippen LogP contribution in [0.4, 0.5) is 10.5 Å². The van der Waals surface area contributed by atoms with Crippen LogP contribution in [-0.2, 0) is 17.9 Å². The average molecular weight is 428 g/mol. The molecule has 5 heteroatoms. The van der Waals surface area contributed by atoms with Gasteiger partial charge in [0.1, 0.15) is 0 Å². The zero-order valence-electron chi connectivity index (χ0n) is 18.2. The first-order chi connectivity index (χ1) is 15.7. The van der Waals surface area contributed by atoms with Crippen molar-refractivity contribution in [2.75, 3.05) is 18.4 Å². The second kappa shape index (κ2) is 10.6. The van der Waals surface area contributed by atoms with E-state index in [1.54, 1.807) is 4.90 Å². The van der Waals surface area contributed by atoms with Gasteiger partial charge in [0.2, 0.25) is 5.91 Å². The molecule has 3 aromatic carbocycles. The molecule has 0 saturated carbocycles. The van der Waals surface area contributed by atoms with Crippen LogP contribution < -0.4 is 5.32 Å². The van der Waals surface area contributed by atoms with Crippen LogP contribution in [0.3, 0.4) is 0 Å². The molecule has 3 aromatic rings. The van der Waals surface area contributed by atoms with Gasteiger partial charge < -0.3 is 15.1 Å². The van der Waals surface area contributed by atoms with E-state index < -0.39 is 0 Å². The van der Waals surface area contributed by atoms with Crippen LogP contribution in [0.25, 0.3) is 0 Å². The van der Waals surface area contributed by atoms with Crippen molar-refractivity contribution in [2.24, 2.45) is 5.92 Å². The minimum Gasteiger partial charge on any atom is -0.334 e. The summed E-state index contributed by atoms with van der Waals surface area (Å²) >= 11 is 0. The molecule has 1 N–H and O–H groups in total. The predicted molar refractivity (Wildman–Crippen MR) is 127 cm³/mol. The highest BCUT2D eigenvalue weighted by molar-refractivity contribution is 5.90. The molecule has 0 aliphatic carbocycles. The molecule has 0 bridgehead atoms. The molecule has 1 unspecified atom stereocenters. The number of carbonyl (C=O) groups is 2. The predicted octanol–water partition coefficient (Wildman–Crippen LogP) is 5.16. The number of anilines is 1. The van der Waals surface area contributed by atoms with Crippen molar-refractivity contribution in [3.05, 3.63) is 102 Å². The highest BCUT2D eigenvalue weighted by Crippen LogP contribution is 2.22. The molecule has 164 valence electrons. The number of likely N-dealkylation sites (tertiary alicyclic amines) is 1. The van der Waals surface area contributed by atoms with Crippen LogP contribution in [0.5, 0.6) is 0 Å². The topological polar surface area (TPSA) is 52.7 Å². The molecule has 1 saturated heterocycles. The SMILES string of the molecule is O=C(Nc1ccccc1)N1CCCC(C(=O)N(Cc2ccccc2)Cc2ccccc2)C1. The number of nitrogens with zero attached hydrogens (tertiary/aromatic N) is 2. The van der Waals surface area contributed by atoms with E-state index in [1.165, 1.54) is 0 Å². The lowest BCUT2D eigenvalue weighted by Crippen LogP contribution is -2.47. The lowest BCUT2D eigenvalue weighted by atomic mass is 9.96. The van der Waals surface area contributed by atoms with Gasteiger partial charge in [-0.05, 0) is 36.1 Å². The molecule has 1 heterocycles. The maximum absolute atomic E-state index is 13.6. The van der Waals surface area contributed by atoms with Gasteiger partial charge in [-0.1, -0.05) is 78.9 Å². The number of rotatable bonds is 6. The highest BCUT2D eigenvalue weighted by Gasteiger charge is 2.31. The number of hydrogen-bond acceptors (Lipinski definition) is 2. The van der Waals surface area contributed by atoms with Crippen molar-refractivity contribution in [3.63, 3.8) is 0 Å². The summed E-state index contributed by atoms with van der Waals surface area (Å²) in [6, 6.07) is 29.4. The van der Waals surface area contributed by atoms with Crippen molar-refractivity contribution < 1.29 is 9.59 Å². The molecule has 1 aliphatic heterocycles. The minimum absolute atomic E-state index is 0.106. The third-order valence-electron chi connectivity index (χ3n) is 5.83. The van der Waals surface area contributed by atoms with E-state index in [2.05, 4.69) is 5.32 Å². The quantitative estimate of drug-likeness (QED) is 0.591. The highest BCUT2D eigenvalue weighted by atomic mass is 16.2. The van der Waals surface area contributed by atoms with Crippen LogP contribution in [0.1, 0.15) is 24.0 Å². The third-order valence-corrected chi connectivity index (χ3v) is 5.83. The number of hydrogen-bond donors (Lipinski definition) is 1. The summed E-state index contributed by atoms with van der Waals surface area (Å²) in [5.74, 6) is -0.0902. The monoisotopic (exact) mass is 427 g/mol. The van der Waals surface area contributed by atoms with E-state index in [1.807, 2.05) is 95.9 Å². The first kappa shape index (κ1) is 21.6. The Bertz CT molecular complexity index is 967. The van der Waals surface area contributed by atoms with Gasteiger partial charge >= 0.3 is 6.03 Å². The van der Waals surface area contributed by atoms with Gasteiger partial charge in [0, 0.05) is 31.9 Å². The molecular weight excluding hydrogens is 398 g/mol. The Balaban J connectivity index is 1.46. The van der Waals surface area contributed by atoms with Crippen LogP contribution >= 0.6 is 0 Å². The molecule has 0 aromatic heterocycles. The number of nitrogens with one attached hydrogen (secondary N) is 1. The number of para-hydroxylation sites is 1. The van der Waals surface area contributed by atoms with Gasteiger partial charge in [0.15, 0.2) is 0 Å². The normalized spacial score (nSPS) is 15.8. The number of carbonyl (C=O) groups excluding carboxylic acids is 2. The van der Waals surface area contributed by atoms with E-state index in [0.717, 1.165) is 29.7 Å². The number of urea groups is 1. The molecule has 3 amide bonds. The van der Waals surface area contributed by atoms with Crippen LogP contribution in [0.15, 0.2) is 91.0 Å². The zero-order valence-corrected chi connectivity index (χ0v) is 18.2. The Morgan fingerprint density at radius 2 is 1.34 bits per heavy atom. The Labute approximate surface area is 189 Å². The molecule has 0 radical (unpaired) electrons. The maximum atomic E-state index is 13.6. The summed E-state index contributed by atoms with van der Waals surface area (Å²) in [5, 5.41) is 2.94. The first-order valence-corrected chi connectivity index (χ1v) is 11.2. The standard InChI is InChI=1S/C27H29N3O2/c31-26(24-15-10-18-29(21-24)27(32)28-25-16-8-3-9-17-25)30(19-22-11-4-1-5-12-22)20-23-13-6-2-7-14-23/h1-9,11-14,16-17,24H,10,15,18-21H2,(H,28,32). The number of piperidine rings is 1. The first-order valence-electron chi connectivity index (χ1n) is 11.2. The summed E-state index contributed by atoms with van der Waals surface area (Å²) in [6.07, 6.45) is 1.62. The van der Waals surface area contributed by atoms with Crippen LogP contribution in [-0.4, -0.2) is 34.8 Å². The molecule has 1 fully saturated rings. The van der Waals surface area contributed by atoms with E-state index >= 15 is 0 Å². The summed E-state index contributed by atoms with van der Waals surface area (Å²) < 4.78 is 0. The maximum Gasteiger partial charge on any atom is 0.321 e. The van der Waals surface area contributed by atoms with Crippen molar-refractivity contribution in [1.29, 1.82) is 0 Å². The van der Waals surface area contributed by atoms with Crippen molar-refractivity contribution in [2.45, 2.75) is 25.9 Å². The lowest BCUT2D eigenvalue weighted by Gasteiger charge is -2.35. The Morgan fingerprint density at radius 3 is 1.91 bits per heavy atom. The Hall–Kier alpha value is -3.60. The van der Waals surface area contributed by atoms with Crippen molar-refractivity contribution >= 4 is 17.6 Å². The lowest BCUT2D eigenvalue weighted by molar-refractivity contribution is -0.138. The third kappa shape index (κ3) is 5.76. The summed E-state index contributed by atoms with van der Waals surface area (Å²) in [7, 11) is 0. The van der Waals surface area contributed by atoms with Gasteiger partial charge in [-0.3, -0.25) is 4.79 Å². The largest absolute Gasteiger partial charge is 0.334 e. The molecular formula is C27H29N3O2. The zero-order chi connectivity index (χ0) is 22.2. The summed E-state index contributed by atoms with van der Waals surface area (Å²) in [6.45, 7) is 2.22. The second-order valence-corrected chi connectivity index (χ2v) is 8.25. The van der Waals surface area contributed by atoms with Crippen LogP contribution in [0, 0.1) is 5.92 Å². The fourth-order valence-electron chi connectivity index (χ4n) is 4.16. The van der Waals surface area contributed by atoms with Gasteiger partial charge in [-0.2, -0.15) is 0 Å². The fourth-order valence-corrected chi connectivity index (χ4v) is 4.16. The molecule has 0 spiro atoms. The smallest absolute Gasteiger partial charge is 0.321 e. The van der Waals surface area contributed by atoms with Crippen LogP contribution in [0.2, 0.25) is 0 Å². The van der Waals surface area contributed by atoms with E-state index in [0.29, 0.717) is 26.2 Å². The van der Waals surface area contributed by atoms with Crippen molar-refractivity contribution in [1.82, 2.24) is 9.80 Å². The molecule has 4 rings (SSSR count). The molecule has 1 atom stereocenters. The molecule has 5 nitrogen and oxygen atoms in total. The number of benzene rings is 3. The molecule has 1 aliphatic rings. The average Bonchev–Trinajstić information content (AvgIpc) is 2.85. The van der Waals surface area contributed by atoms with Gasteiger partial charge in [0.05, 0.1) is 5.92 Å². The van der Waals surface area contributed by atoms with Gasteiger partial charge in [0.25, 0.3) is 0 Å². The summed E-state index contributed by atoms with van der Waals surface area (Å²) in [5.41, 5.74) is 2.97. The fraction of sp³-hybridized carbons (Fsp3) is 0.259. The van der Waals surface area contributed by atoms with E-state index in [4.69, 9.17) is 0 Å². The summed E-state index contributed by atoms with van der Waals surface area (Å²) in [4.78, 5) is 30.1. The molecule has 32 heavy (non-hydrogen) atoms. The second-order valence-electron chi connectivity index (χ2n) is 8.25. The van der Waals surface area contributed by atoms with E-state index in [9.17, 15) is 9.59 Å².